The Bertz CT molecular complexity index is 274. The molecule has 0 aromatic heterocycles. The van der Waals surface area contributed by atoms with Crippen LogP contribution in [0.1, 0.15) is 66.2 Å². The highest BCUT2D eigenvalue weighted by Gasteiger charge is 2.30. The Morgan fingerprint density at radius 2 is 1.74 bits per heavy atom. The van der Waals surface area contributed by atoms with Crippen molar-refractivity contribution in [3.63, 3.8) is 0 Å². The molecule has 3 heteroatoms. The van der Waals surface area contributed by atoms with Gasteiger partial charge in [-0.25, -0.2) is 4.79 Å². The van der Waals surface area contributed by atoms with Crippen LogP contribution < -0.4 is 0 Å². The minimum absolute atomic E-state index is 0.0924. The molecule has 3 nitrogen and oxygen atoms in total. The third-order valence-electron chi connectivity index (χ3n) is 3.72. The van der Waals surface area contributed by atoms with E-state index in [1.54, 1.807) is 13.0 Å². The zero-order chi connectivity index (χ0) is 14.7. The molecule has 0 aromatic carbocycles. The molecule has 0 rings (SSSR count). The number of hydrogen-bond acceptors (Lipinski definition) is 3. The normalized spacial score (nSPS) is 12.6. The Morgan fingerprint density at radius 1 is 1.21 bits per heavy atom. The first-order chi connectivity index (χ1) is 9.05. The number of carbonyl (C=O) groups excluding carboxylic acids is 1. The van der Waals surface area contributed by atoms with Crippen LogP contribution in [0.3, 0.4) is 0 Å². The fourth-order valence-electron chi connectivity index (χ4n) is 2.03. The van der Waals surface area contributed by atoms with Crippen LogP contribution >= 0.6 is 0 Å². The molecule has 0 unspecified atom stereocenters. The van der Waals surface area contributed by atoms with E-state index in [4.69, 9.17) is 4.74 Å². The van der Waals surface area contributed by atoms with Gasteiger partial charge in [0, 0.05) is 11.0 Å². The summed E-state index contributed by atoms with van der Waals surface area (Å²) in [6.45, 7) is 8.27. The Kier molecular flexibility index (Phi) is 9.58. The van der Waals surface area contributed by atoms with E-state index in [1.165, 1.54) is 0 Å². The Morgan fingerprint density at radius 3 is 2.11 bits per heavy atom. The molecule has 1 N–H and O–H groups in total. The zero-order valence-electron chi connectivity index (χ0n) is 13.0. The highest BCUT2D eigenvalue weighted by molar-refractivity contribution is 5.87. The van der Waals surface area contributed by atoms with Gasteiger partial charge in [-0.15, -0.1) is 0 Å². The number of carbonyl (C=O) groups is 1. The predicted molar refractivity (Wildman–Crippen MR) is 79.0 cm³/mol. The molecule has 0 aromatic rings. The summed E-state index contributed by atoms with van der Waals surface area (Å²) >= 11 is 0. The highest BCUT2D eigenvalue weighted by Crippen LogP contribution is 2.31. The molecule has 0 aliphatic heterocycles. The molecule has 0 amide bonds. The van der Waals surface area contributed by atoms with Gasteiger partial charge in [0.25, 0.3) is 0 Å². The average molecular weight is 270 g/mol. The highest BCUT2D eigenvalue weighted by atomic mass is 16.5. The van der Waals surface area contributed by atoms with Crippen molar-refractivity contribution in [1.82, 2.24) is 0 Å². The second-order valence-corrected chi connectivity index (χ2v) is 5.41. The van der Waals surface area contributed by atoms with Gasteiger partial charge in [0.1, 0.15) is 0 Å². The lowest BCUT2D eigenvalue weighted by Crippen LogP contribution is -2.32. The van der Waals surface area contributed by atoms with Crippen LogP contribution in [-0.4, -0.2) is 24.3 Å². The van der Waals surface area contributed by atoms with Crippen LogP contribution in [0, 0.1) is 5.41 Å². The molecular weight excluding hydrogens is 240 g/mol. The van der Waals surface area contributed by atoms with Crippen molar-refractivity contribution < 1.29 is 14.6 Å². The van der Waals surface area contributed by atoms with Crippen LogP contribution in [0.5, 0.6) is 0 Å². The van der Waals surface area contributed by atoms with Gasteiger partial charge in [0.15, 0.2) is 0 Å². The van der Waals surface area contributed by atoms with Gasteiger partial charge in [0.2, 0.25) is 0 Å². The first-order valence-corrected chi connectivity index (χ1v) is 7.46. The lowest BCUT2D eigenvalue weighted by atomic mass is 9.79. The van der Waals surface area contributed by atoms with Crippen LogP contribution in [0.4, 0.5) is 0 Å². The molecule has 0 spiro atoms. The van der Waals surface area contributed by atoms with Crippen molar-refractivity contribution in [3.8, 4) is 0 Å². The Balaban J connectivity index is 4.58. The smallest absolute Gasteiger partial charge is 0.333 e. The van der Waals surface area contributed by atoms with Crippen molar-refractivity contribution in [2.24, 2.45) is 5.41 Å². The first kappa shape index (κ1) is 18.2. The number of allylic oxidation sites excluding steroid dienone is 1. The molecule has 112 valence electrons. The number of aliphatic hydroxyl groups is 1. The minimum Gasteiger partial charge on any atom is -0.462 e. The standard InChI is InChI=1S/C16H30O3/c1-5-8-10-16(12-17,11-9-6-2)13-19-15(18)14(4)7-3/h7,17H,5-6,8-13H2,1-4H3. The summed E-state index contributed by atoms with van der Waals surface area (Å²) in [6.07, 6.45) is 7.89. The van der Waals surface area contributed by atoms with Crippen LogP contribution in [0.2, 0.25) is 0 Å². The van der Waals surface area contributed by atoms with E-state index in [-0.39, 0.29) is 18.0 Å². The first-order valence-electron chi connectivity index (χ1n) is 7.46. The largest absolute Gasteiger partial charge is 0.462 e. The third-order valence-corrected chi connectivity index (χ3v) is 3.72. The number of hydrogen-bond donors (Lipinski definition) is 1. The summed E-state index contributed by atoms with van der Waals surface area (Å²) in [5, 5.41) is 9.73. The number of unbranched alkanes of at least 4 members (excludes halogenated alkanes) is 2. The quantitative estimate of drug-likeness (QED) is 0.484. The van der Waals surface area contributed by atoms with Gasteiger partial charge in [-0.05, 0) is 26.7 Å². The number of esters is 1. The molecular formula is C16H30O3. The third kappa shape index (κ3) is 6.76. The van der Waals surface area contributed by atoms with Crippen LogP contribution in [0.25, 0.3) is 0 Å². The van der Waals surface area contributed by atoms with Crippen LogP contribution in [-0.2, 0) is 9.53 Å². The van der Waals surface area contributed by atoms with Crippen molar-refractivity contribution >= 4 is 5.97 Å². The Hall–Kier alpha value is -0.830. The van der Waals surface area contributed by atoms with Gasteiger partial charge in [-0.2, -0.15) is 0 Å². The lowest BCUT2D eigenvalue weighted by molar-refractivity contribution is -0.144. The summed E-state index contributed by atoms with van der Waals surface area (Å²) in [6, 6.07) is 0. The molecule has 0 heterocycles. The van der Waals surface area contributed by atoms with E-state index < -0.39 is 0 Å². The zero-order valence-corrected chi connectivity index (χ0v) is 13.0. The second kappa shape index (κ2) is 10.0. The molecule has 0 saturated heterocycles. The van der Waals surface area contributed by atoms with Crippen molar-refractivity contribution in [2.75, 3.05) is 13.2 Å². The molecule has 0 bridgehead atoms. The van der Waals surface area contributed by atoms with Crippen molar-refractivity contribution in [2.45, 2.75) is 66.2 Å². The molecule has 0 aliphatic rings. The van der Waals surface area contributed by atoms with E-state index in [9.17, 15) is 9.90 Å². The molecule has 0 aliphatic carbocycles. The summed E-state index contributed by atoms with van der Waals surface area (Å²) < 4.78 is 5.38. The number of ether oxygens (including phenoxy) is 1. The van der Waals surface area contributed by atoms with Gasteiger partial charge in [0.05, 0.1) is 13.2 Å². The van der Waals surface area contributed by atoms with Crippen molar-refractivity contribution in [3.05, 3.63) is 11.6 Å². The van der Waals surface area contributed by atoms with Crippen molar-refractivity contribution in [1.29, 1.82) is 0 Å². The maximum atomic E-state index is 11.7. The second-order valence-electron chi connectivity index (χ2n) is 5.41. The molecule has 0 saturated carbocycles. The number of rotatable bonds is 10. The predicted octanol–water partition coefficient (Wildman–Crippen LogP) is 3.85. The number of aliphatic hydroxyl groups excluding tert-OH is 1. The van der Waals surface area contributed by atoms with E-state index in [0.717, 1.165) is 38.5 Å². The van der Waals surface area contributed by atoms with E-state index >= 15 is 0 Å². The lowest BCUT2D eigenvalue weighted by Gasteiger charge is -2.31. The minimum atomic E-state index is -0.270. The van der Waals surface area contributed by atoms with E-state index in [1.807, 2.05) is 6.92 Å². The van der Waals surface area contributed by atoms with Gasteiger partial charge < -0.3 is 9.84 Å². The van der Waals surface area contributed by atoms with Gasteiger partial charge in [-0.1, -0.05) is 45.6 Å². The van der Waals surface area contributed by atoms with E-state index in [0.29, 0.717) is 12.2 Å². The topological polar surface area (TPSA) is 46.5 Å². The fraction of sp³-hybridized carbons (Fsp3) is 0.812. The summed E-state index contributed by atoms with van der Waals surface area (Å²) in [4.78, 5) is 11.7. The fourth-order valence-corrected chi connectivity index (χ4v) is 2.03. The summed E-state index contributed by atoms with van der Waals surface area (Å²) in [5.41, 5.74) is 0.369. The van der Waals surface area contributed by atoms with Gasteiger partial charge >= 0.3 is 5.97 Å². The van der Waals surface area contributed by atoms with Gasteiger partial charge in [-0.3, -0.25) is 0 Å². The Labute approximate surface area is 118 Å². The van der Waals surface area contributed by atoms with Crippen LogP contribution in [0.15, 0.2) is 11.6 Å². The molecule has 0 atom stereocenters. The average Bonchev–Trinajstić information content (AvgIpc) is 2.45. The maximum absolute atomic E-state index is 11.7. The monoisotopic (exact) mass is 270 g/mol. The maximum Gasteiger partial charge on any atom is 0.333 e. The van der Waals surface area contributed by atoms with E-state index in [2.05, 4.69) is 13.8 Å². The molecule has 0 fully saturated rings. The summed E-state index contributed by atoms with van der Waals surface area (Å²) in [7, 11) is 0. The summed E-state index contributed by atoms with van der Waals surface area (Å²) in [5.74, 6) is -0.270. The SMILES string of the molecule is CC=C(C)C(=O)OCC(CO)(CCCC)CCCC. The molecule has 0 radical (unpaired) electrons. The molecule has 19 heavy (non-hydrogen) atoms.